The summed E-state index contributed by atoms with van der Waals surface area (Å²) >= 11 is 0. The molecule has 4 heteroatoms. The maximum Gasteiger partial charge on any atom is 0.164 e. The lowest BCUT2D eigenvalue weighted by Crippen LogP contribution is -2.00. The lowest BCUT2D eigenvalue weighted by molar-refractivity contribution is 1.07. The van der Waals surface area contributed by atoms with Gasteiger partial charge in [-0.05, 0) is 102 Å². The minimum absolute atomic E-state index is 0.627. The third-order valence-electron chi connectivity index (χ3n) is 11.5. The van der Waals surface area contributed by atoms with Crippen molar-refractivity contribution in [3.63, 3.8) is 0 Å². The van der Waals surface area contributed by atoms with Gasteiger partial charge in [0, 0.05) is 16.7 Å². The van der Waals surface area contributed by atoms with Crippen LogP contribution in [0.2, 0.25) is 0 Å². The molecule has 4 nitrogen and oxygen atoms in total. The van der Waals surface area contributed by atoms with Crippen molar-refractivity contribution >= 4 is 10.8 Å². The van der Waals surface area contributed by atoms with Crippen LogP contribution in [0.4, 0.5) is 0 Å². The SMILES string of the molecule is N#Cc1ccc(-c2ccc(-c3ccc4c5c(ccc(-c6cccc(-c7cccc(-c8nc(-c9ccccc9)nc(-c9ccccc9)n8)c7)c6)c35)-c3ccccc3-4)cc2)cc1. The molecule has 0 radical (unpaired) electrons. The van der Waals surface area contributed by atoms with Crippen molar-refractivity contribution in [2.24, 2.45) is 0 Å². The maximum absolute atomic E-state index is 9.31. The van der Waals surface area contributed by atoms with E-state index in [-0.39, 0.29) is 0 Å². The first-order chi connectivity index (χ1) is 29.7. The highest BCUT2D eigenvalue weighted by atomic mass is 15.0. The summed E-state index contributed by atoms with van der Waals surface area (Å²) in [4.78, 5) is 14.9. The predicted molar refractivity (Wildman–Crippen MR) is 245 cm³/mol. The van der Waals surface area contributed by atoms with Gasteiger partial charge < -0.3 is 0 Å². The Bertz CT molecular complexity index is 3210. The first-order valence-corrected chi connectivity index (χ1v) is 20.1. The van der Waals surface area contributed by atoms with Crippen LogP contribution >= 0.6 is 0 Å². The highest BCUT2D eigenvalue weighted by Crippen LogP contribution is 2.52. The molecular formula is C56H34N4. The largest absolute Gasteiger partial charge is 0.208 e. The van der Waals surface area contributed by atoms with Crippen LogP contribution < -0.4 is 0 Å². The minimum Gasteiger partial charge on any atom is -0.208 e. The van der Waals surface area contributed by atoms with E-state index in [1.165, 1.54) is 44.2 Å². The van der Waals surface area contributed by atoms with Crippen LogP contribution in [0.3, 0.4) is 0 Å². The normalized spacial score (nSPS) is 11.3. The number of nitrogens with zero attached hydrogens (tertiary/aromatic N) is 4. The average molecular weight is 763 g/mol. The monoisotopic (exact) mass is 762 g/mol. The van der Waals surface area contributed by atoms with Crippen molar-refractivity contribution in [1.29, 1.82) is 5.26 Å². The number of fused-ring (bicyclic) bond motifs is 3. The molecule has 0 spiro atoms. The van der Waals surface area contributed by atoms with Gasteiger partial charge in [-0.2, -0.15) is 5.26 Å². The van der Waals surface area contributed by atoms with Crippen molar-refractivity contribution in [2.75, 3.05) is 0 Å². The van der Waals surface area contributed by atoms with Gasteiger partial charge in [0.25, 0.3) is 0 Å². The lowest BCUT2D eigenvalue weighted by Gasteiger charge is -2.16. The smallest absolute Gasteiger partial charge is 0.164 e. The molecule has 0 unspecified atom stereocenters. The van der Waals surface area contributed by atoms with Crippen LogP contribution in [0.25, 0.3) is 112 Å². The van der Waals surface area contributed by atoms with E-state index in [1.807, 2.05) is 84.9 Å². The summed E-state index contributed by atoms with van der Waals surface area (Å²) in [6.45, 7) is 0. The Hall–Kier alpha value is -8.26. The number of aromatic nitrogens is 3. The summed E-state index contributed by atoms with van der Waals surface area (Å²) in [6, 6.07) is 74.3. The fourth-order valence-electron chi connectivity index (χ4n) is 8.60. The molecule has 0 saturated heterocycles. The second-order valence-corrected chi connectivity index (χ2v) is 15.1. The quantitative estimate of drug-likeness (QED) is 0.162. The van der Waals surface area contributed by atoms with Crippen LogP contribution in [0.1, 0.15) is 5.56 Å². The molecule has 0 fully saturated rings. The second kappa shape index (κ2) is 14.6. The van der Waals surface area contributed by atoms with Gasteiger partial charge in [-0.25, -0.2) is 15.0 Å². The Labute approximate surface area is 348 Å². The second-order valence-electron chi connectivity index (χ2n) is 15.1. The van der Waals surface area contributed by atoms with Gasteiger partial charge in [-0.15, -0.1) is 0 Å². The molecule has 11 rings (SSSR count). The van der Waals surface area contributed by atoms with Gasteiger partial charge in [0.1, 0.15) is 0 Å². The third-order valence-corrected chi connectivity index (χ3v) is 11.5. The molecule has 0 N–H and O–H groups in total. The number of nitriles is 1. The predicted octanol–water partition coefficient (Wildman–Crippen LogP) is 14.2. The molecule has 1 aromatic heterocycles. The number of hydrogen-bond donors (Lipinski definition) is 0. The molecule has 0 bridgehead atoms. The molecule has 1 aliphatic carbocycles. The fraction of sp³-hybridized carbons (Fsp3) is 0. The molecule has 0 saturated carbocycles. The summed E-state index contributed by atoms with van der Waals surface area (Å²) in [6.07, 6.45) is 0. The Morgan fingerprint density at radius 1 is 0.267 bits per heavy atom. The molecule has 9 aromatic carbocycles. The lowest BCUT2D eigenvalue weighted by atomic mass is 9.87. The zero-order valence-corrected chi connectivity index (χ0v) is 32.4. The molecule has 278 valence electrons. The van der Waals surface area contributed by atoms with Gasteiger partial charge in [-0.1, -0.05) is 182 Å². The van der Waals surface area contributed by atoms with Gasteiger partial charge in [0.2, 0.25) is 0 Å². The fourth-order valence-corrected chi connectivity index (χ4v) is 8.60. The zero-order chi connectivity index (χ0) is 40.0. The van der Waals surface area contributed by atoms with E-state index in [0.29, 0.717) is 23.0 Å². The molecule has 1 heterocycles. The van der Waals surface area contributed by atoms with Gasteiger partial charge in [0.05, 0.1) is 11.6 Å². The molecule has 1 aliphatic rings. The summed E-state index contributed by atoms with van der Waals surface area (Å²) in [5.74, 6) is 1.91. The van der Waals surface area contributed by atoms with Gasteiger partial charge >= 0.3 is 0 Å². The summed E-state index contributed by atoms with van der Waals surface area (Å²) < 4.78 is 0. The molecule has 10 aromatic rings. The van der Waals surface area contributed by atoms with E-state index >= 15 is 0 Å². The number of rotatable bonds is 7. The van der Waals surface area contributed by atoms with Crippen LogP contribution in [-0.2, 0) is 0 Å². The number of hydrogen-bond acceptors (Lipinski definition) is 4. The van der Waals surface area contributed by atoms with E-state index in [4.69, 9.17) is 15.0 Å². The summed E-state index contributed by atoms with van der Waals surface area (Å²) in [5, 5.41) is 11.8. The maximum atomic E-state index is 9.31. The molecule has 0 amide bonds. The van der Waals surface area contributed by atoms with Crippen LogP contribution in [0.15, 0.2) is 206 Å². The Morgan fingerprint density at radius 3 is 1.20 bits per heavy atom. The topological polar surface area (TPSA) is 62.5 Å². The van der Waals surface area contributed by atoms with E-state index in [9.17, 15) is 5.26 Å². The van der Waals surface area contributed by atoms with Gasteiger partial charge in [0.15, 0.2) is 17.5 Å². The Kier molecular flexibility index (Phi) is 8.50. The zero-order valence-electron chi connectivity index (χ0n) is 32.4. The van der Waals surface area contributed by atoms with Crippen molar-refractivity contribution in [2.45, 2.75) is 0 Å². The van der Waals surface area contributed by atoms with E-state index in [0.717, 1.165) is 50.1 Å². The van der Waals surface area contributed by atoms with Gasteiger partial charge in [-0.3, -0.25) is 0 Å². The van der Waals surface area contributed by atoms with Crippen LogP contribution in [0, 0.1) is 11.3 Å². The van der Waals surface area contributed by atoms with Crippen molar-refractivity contribution in [3.8, 4) is 107 Å². The summed E-state index contributed by atoms with van der Waals surface area (Å²) in [5.41, 5.74) is 17.6. The van der Waals surface area contributed by atoms with Crippen molar-refractivity contribution < 1.29 is 0 Å². The molecular weight excluding hydrogens is 729 g/mol. The van der Waals surface area contributed by atoms with E-state index in [2.05, 4.69) is 127 Å². The average Bonchev–Trinajstić information content (AvgIpc) is 3.66. The first kappa shape index (κ1) is 34.9. The van der Waals surface area contributed by atoms with Crippen LogP contribution in [0.5, 0.6) is 0 Å². The highest BCUT2D eigenvalue weighted by molar-refractivity contribution is 6.22. The highest BCUT2D eigenvalue weighted by Gasteiger charge is 2.25. The number of benzene rings is 9. The Morgan fingerprint density at radius 2 is 0.650 bits per heavy atom. The van der Waals surface area contributed by atoms with Crippen LogP contribution in [-0.4, -0.2) is 15.0 Å². The van der Waals surface area contributed by atoms with E-state index < -0.39 is 0 Å². The van der Waals surface area contributed by atoms with Crippen molar-refractivity contribution in [3.05, 3.63) is 212 Å². The van der Waals surface area contributed by atoms with Crippen molar-refractivity contribution in [1.82, 2.24) is 15.0 Å². The Balaban J connectivity index is 1.03. The standard InChI is InChI=1S/C56H34N4/c57-35-36-21-23-37(24-22-36)38-25-27-39(28-26-38)46-29-31-50-48-19-7-8-20-49(48)51-32-30-47(52(46)53(50)51)44-17-9-15-42(33-44)43-16-10-18-45(34-43)56-59-54(40-11-3-1-4-12-40)58-55(60-56)41-13-5-2-6-14-41/h1-34H. The molecule has 0 aliphatic heterocycles. The first-order valence-electron chi connectivity index (χ1n) is 20.1. The molecule has 60 heavy (non-hydrogen) atoms. The third kappa shape index (κ3) is 6.14. The molecule has 0 atom stereocenters. The minimum atomic E-state index is 0.627. The van der Waals surface area contributed by atoms with E-state index in [1.54, 1.807) is 0 Å². The summed E-state index contributed by atoms with van der Waals surface area (Å²) in [7, 11) is 0.